The highest BCUT2D eigenvalue weighted by atomic mass is 16.5. The largest absolute Gasteiger partial charge is 0.389 e. The van der Waals surface area contributed by atoms with E-state index in [9.17, 15) is 5.11 Å². The van der Waals surface area contributed by atoms with E-state index < -0.39 is 6.10 Å². The summed E-state index contributed by atoms with van der Waals surface area (Å²) in [6.07, 6.45) is 1.30. The van der Waals surface area contributed by atoms with Gasteiger partial charge in [-0.25, -0.2) is 4.98 Å². The number of morpholine rings is 1. The number of hydrogen-bond donors (Lipinski definition) is 1. The molecule has 0 saturated carbocycles. The first-order valence-corrected chi connectivity index (χ1v) is 5.67. The van der Waals surface area contributed by atoms with Crippen LogP contribution in [0.4, 0.5) is 5.82 Å². The zero-order valence-electron chi connectivity index (χ0n) is 9.76. The number of aliphatic hydroxyl groups excluding tert-OH is 1. The van der Waals surface area contributed by atoms with Gasteiger partial charge < -0.3 is 14.7 Å². The van der Waals surface area contributed by atoms with Crippen molar-refractivity contribution in [2.45, 2.75) is 26.0 Å². The maximum Gasteiger partial charge on any atom is 0.129 e. The Kier molecular flexibility index (Phi) is 3.41. The van der Waals surface area contributed by atoms with Crippen LogP contribution in [0.15, 0.2) is 18.3 Å². The second-order valence-electron chi connectivity index (χ2n) is 4.24. The van der Waals surface area contributed by atoms with Crippen LogP contribution in [0.1, 0.15) is 25.5 Å². The molecule has 1 aliphatic heterocycles. The molecule has 16 heavy (non-hydrogen) atoms. The number of hydrogen-bond acceptors (Lipinski definition) is 4. The van der Waals surface area contributed by atoms with Crippen LogP contribution in [0.2, 0.25) is 0 Å². The Morgan fingerprint density at radius 1 is 1.62 bits per heavy atom. The van der Waals surface area contributed by atoms with E-state index in [4.69, 9.17) is 4.74 Å². The lowest BCUT2D eigenvalue weighted by Crippen LogP contribution is -2.44. The fraction of sp³-hybridized carbons (Fsp3) is 0.583. The van der Waals surface area contributed by atoms with Crippen LogP contribution in [0.5, 0.6) is 0 Å². The SMILES string of the molecule is CC(O)c1ccnc(N2CCOCC2C)c1. The summed E-state index contributed by atoms with van der Waals surface area (Å²) in [5.41, 5.74) is 0.906. The van der Waals surface area contributed by atoms with Gasteiger partial charge in [0, 0.05) is 12.7 Å². The van der Waals surface area contributed by atoms with Crippen molar-refractivity contribution in [3.63, 3.8) is 0 Å². The normalized spacial score (nSPS) is 23.2. The van der Waals surface area contributed by atoms with Crippen molar-refractivity contribution in [1.29, 1.82) is 0 Å². The van der Waals surface area contributed by atoms with Gasteiger partial charge in [-0.2, -0.15) is 0 Å². The zero-order chi connectivity index (χ0) is 11.5. The molecule has 1 aromatic rings. The quantitative estimate of drug-likeness (QED) is 0.820. The number of nitrogens with zero attached hydrogens (tertiary/aromatic N) is 2. The predicted molar refractivity (Wildman–Crippen MR) is 62.5 cm³/mol. The lowest BCUT2D eigenvalue weighted by atomic mass is 10.1. The Morgan fingerprint density at radius 3 is 3.12 bits per heavy atom. The Morgan fingerprint density at radius 2 is 2.44 bits per heavy atom. The van der Waals surface area contributed by atoms with Gasteiger partial charge in [-0.1, -0.05) is 0 Å². The molecule has 0 radical (unpaired) electrons. The van der Waals surface area contributed by atoms with Gasteiger partial charge in [0.05, 0.1) is 25.4 Å². The van der Waals surface area contributed by atoms with E-state index >= 15 is 0 Å². The average molecular weight is 222 g/mol. The highest BCUT2D eigenvalue weighted by Gasteiger charge is 2.20. The standard InChI is InChI=1S/C12H18N2O2/c1-9-8-16-6-5-14(9)12-7-11(10(2)15)3-4-13-12/h3-4,7,9-10,15H,5-6,8H2,1-2H3. The zero-order valence-corrected chi connectivity index (χ0v) is 9.76. The fourth-order valence-corrected chi connectivity index (χ4v) is 1.92. The fourth-order valence-electron chi connectivity index (χ4n) is 1.92. The van der Waals surface area contributed by atoms with Crippen molar-refractivity contribution in [2.24, 2.45) is 0 Å². The summed E-state index contributed by atoms with van der Waals surface area (Å²) in [7, 11) is 0. The van der Waals surface area contributed by atoms with Crippen molar-refractivity contribution in [3.8, 4) is 0 Å². The molecule has 88 valence electrons. The van der Waals surface area contributed by atoms with Gasteiger partial charge in [0.2, 0.25) is 0 Å². The molecule has 1 fully saturated rings. The van der Waals surface area contributed by atoms with Crippen LogP contribution >= 0.6 is 0 Å². The lowest BCUT2D eigenvalue weighted by molar-refractivity contribution is 0.0985. The highest BCUT2D eigenvalue weighted by molar-refractivity contribution is 5.43. The molecule has 1 aliphatic rings. The predicted octanol–water partition coefficient (Wildman–Crippen LogP) is 1.36. The number of aliphatic hydroxyl groups is 1. The average Bonchev–Trinajstić information content (AvgIpc) is 2.30. The summed E-state index contributed by atoms with van der Waals surface area (Å²) in [5.74, 6) is 0.925. The number of ether oxygens (including phenoxy) is 1. The van der Waals surface area contributed by atoms with E-state index in [1.54, 1.807) is 13.1 Å². The van der Waals surface area contributed by atoms with Crippen molar-refractivity contribution in [1.82, 2.24) is 4.98 Å². The molecule has 2 atom stereocenters. The summed E-state index contributed by atoms with van der Waals surface area (Å²) in [4.78, 5) is 6.57. The van der Waals surface area contributed by atoms with E-state index in [2.05, 4.69) is 16.8 Å². The second kappa shape index (κ2) is 4.80. The molecule has 2 heterocycles. The van der Waals surface area contributed by atoms with E-state index in [0.717, 1.165) is 31.1 Å². The molecule has 0 aliphatic carbocycles. The molecule has 1 N–H and O–H groups in total. The Labute approximate surface area is 95.9 Å². The molecular formula is C12H18N2O2. The van der Waals surface area contributed by atoms with Gasteiger partial charge in [-0.3, -0.25) is 0 Å². The maximum atomic E-state index is 9.54. The van der Waals surface area contributed by atoms with Crippen molar-refractivity contribution < 1.29 is 9.84 Å². The molecule has 2 unspecified atom stereocenters. The molecular weight excluding hydrogens is 204 g/mol. The molecule has 0 spiro atoms. The molecule has 0 amide bonds. The minimum atomic E-state index is -0.446. The van der Waals surface area contributed by atoms with Gasteiger partial charge in [-0.05, 0) is 31.5 Å². The minimum Gasteiger partial charge on any atom is -0.389 e. The van der Waals surface area contributed by atoms with Crippen LogP contribution in [-0.4, -0.2) is 35.9 Å². The Hall–Kier alpha value is -1.13. The number of aromatic nitrogens is 1. The topological polar surface area (TPSA) is 45.6 Å². The van der Waals surface area contributed by atoms with Crippen LogP contribution in [0.25, 0.3) is 0 Å². The van der Waals surface area contributed by atoms with Crippen LogP contribution in [-0.2, 0) is 4.74 Å². The van der Waals surface area contributed by atoms with Gasteiger partial charge >= 0.3 is 0 Å². The first kappa shape index (κ1) is 11.4. The molecule has 4 nitrogen and oxygen atoms in total. The van der Waals surface area contributed by atoms with Crippen molar-refractivity contribution in [3.05, 3.63) is 23.9 Å². The van der Waals surface area contributed by atoms with Crippen molar-refractivity contribution >= 4 is 5.82 Å². The number of rotatable bonds is 2. The number of anilines is 1. The summed E-state index contributed by atoms with van der Waals surface area (Å²) in [6, 6.07) is 4.14. The van der Waals surface area contributed by atoms with Crippen molar-refractivity contribution in [2.75, 3.05) is 24.7 Å². The summed E-state index contributed by atoms with van der Waals surface area (Å²) in [5, 5.41) is 9.54. The maximum absolute atomic E-state index is 9.54. The summed E-state index contributed by atoms with van der Waals surface area (Å²) >= 11 is 0. The first-order valence-electron chi connectivity index (χ1n) is 5.67. The van der Waals surface area contributed by atoms with Crippen LogP contribution in [0, 0.1) is 0 Å². The van der Waals surface area contributed by atoms with Gasteiger partial charge in [0.15, 0.2) is 0 Å². The molecule has 1 aromatic heterocycles. The Balaban J connectivity index is 2.21. The van der Waals surface area contributed by atoms with Gasteiger partial charge in [0.1, 0.15) is 5.82 Å². The molecule has 4 heteroatoms. The smallest absolute Gasteiger partial charge is 0.129 e. The van der Waals surface area contributed by atoms with E-state index in [-0.39, 0.29) is 0 Å². The molecule has 1 saturated heterocycles. The third kappa shape index (κ3) is 2.33. The Bertz CT molecular complexity index is 355. The van der Waals surface area contributed by atoms with Gasteiger partial charge in [-0.15, -0.1) is 0 Å². The summed E-state index contributed by atoms with van der Waals surface area (Å²) in [6.45, 7) is 6.22. The van der Waals surface area contributed by atoms with E-state index in [1.807, 2.05) is 12.1 Å². The summed E-state index contributed by atoms with van der Waals surface area (Å²) < 4.78 is 5.39. The van der Waals surface area contributed by atoms with Crippen LogP contribution < -0.4 is 4.90 Å². The van der Waals surface area contributed by atoms with E-state index in [0.29, 0.717) is 6.04 Å². The highest BCUT2D eigenvalue weighted by Crippen LogP contribution is 2.21. The molecule has 0 bridgehead atoms. The van der Waals surface area contributed by atoms with Crippen LogP contribution in [0.3, 0.4) is 0 Å². The third-order valence-electron chi connectivity index (χ3n) is 2.91. The van der Waals surface area contributed by atoms with Gasteiger partial charge in [0.25, 0.3) is 0 Å². The molecule has 2 rings (SSSR count). The molecule has 0 aromatic carbocycles. The number of pyridine rings is 1. The van der Waals surface area contributed by atoms with E-state index in [1.165, 1.54) is 0 Å². The monoisotopic (exact) mass is 222 g/mol. The second-order valence-corrected chi connectivity index (χ2v) is 4.24. The first-order chi connectivity index (χ1) is 7.68. The third-order valence-corrected chi connectivity index (χ3v) is 2.91. The lowest BCUT2D eigenvalue weighted by Gasteiger charge is -2.34. The minimum absolute atomic E-state index is 0.338.